The highest BCUT2D eigenvalue weighted by molar-refractivity contribution is 6.69. The van der Waals surface area contributed by atoms with Crippen molar-refractivity contribution in [2.45, 2.75) is 51.4 Å². The van der Waals surface area contributed by atoms with E-state index in [1.165, 1.54) is 0 Å². The van der Waals surface area contributed by atoms with Crippen LogP contribution in [0.15, 0.2) is 12.7 Å². The second-order valence-corrected chi connectivity index (χ2v) is 10.9. The molecule has 16 heavy (non-hydrogen) atoms. The molecular weight excluding hydrogens is 216 g/mol. The molecule has 0 aromatic heterocycles. The van der Waals surface area contributed by atoms with Crippen molar-refractivity contribution < 1.29 is 9.22 Å². The van der Waals surface area contributed by atoms with Gasteiger partial charge >= 0.3 is 0 Å². The van der Waals surface area contributed by atoms with Crippen molar-refractivity contribution in [3.8, 4) is 0 Å². The number of Topliss-reactive ketones (excluding diaryl/α,β-unsaturated/α-hetero) is 1. The van der Waals surface area contributed by atoms with Crippen molar-refractivity contribution in [3.63, 3.8) is 0 Å². The summed E-state index contributed by atoms with van der Waals surface area (Å²) in [5.74, 6) is 0.654. The van der Waals surface area contributed by atoms with Gasteiger partial charge in [-0.2, -0.15) is 0 Å². The fourth-order valence-corrected chi connectivity index (χ4v) is 4.89. The van der Waals surface area contributed by atoms with Gasteiger partial charge in [-0.1, -0.05) is 13.0 Å². The van der Waals surface area contributed by atoms with Gasteiger partial charge in [-0.3, -0.25) is 4.79 Å². The summed E-state index contributed by atoms with van der Waals surface area (Å²) in [4.78, 5) is 11.7. The van der Waals surface area contributed by atoms with Crippen molar-refractivity contribution >= 4 is 14.1 Å². The molecule has 0 aromatic carbocycles. The molecule has 0 spiro atoms. The van der Waals surface area contributed by atoms with Crippen LogP contribution < -0.4 is 0 Å². The quantitative estimate of drug-likeness (QED) is 0.558. The van der Waals surface area contributed by atoms with Crippen LogP contribution in [-0.2, 0) is 9.22 Å². The fourth-order valence-electron chi connectivity index (χ4n) is 3.40. The molecule has 2 fully saturated rings. The predicted molar refractivity (Wildman–Crippen MR) is 67.8 cm³/mol. The van der Waals surface area contributed by atoms with E-state index in [9.17, 15) is 4.79 Å². The van der Waals surface area contributed by atoms with Crippen LogP contribution in [-0.4, -0.2) is 19.7 Å². The van der Waals surface area contributed by atoms with E-state index < -0.39 is 8.32 Å². The van der Waals surface area contributed by atoms with Gasteiger partial charge in [0, 0.05) is 17.8 Å². The fraction of sp³-hybridized carbons (Fsp3) is 0.769. The smallest absolute Gasteiger partial charge is 0.184 e. The maximum Gasteiger partial charge on any atom is 0.184 e. The van der Waals surface area contributed by atoms with E-state index in [-0.39, 0.29) is 16.9 Å². The average molecular weight is 238 g/mol. The SMILES string of the molecule is C=CC1(O[Si](C)(C)C)CC2C(=O)CCC21C. The zero-order valence-electron chi connectivity index (χ0n) is 10.8. The lowest BCUT2D eigenvalue weighted by atomic mass is 9.52. The standard InChI is InChI=1S/C13H22O2Si/c1-6-13(15-16(3,4)5)9-10-11(14)7-8-12(10,13)2/h6,10H,1,7-9H2,2-5H3. The summed E-state index contributed by atoms with van der Waals surface area (Å²) in [5, 5.41) is 0. The first-order valence-electron chi connectivity index (χ1n) is 6.11. The van der Waals surface area contributed by atoms with Crippen LogP contribution in [0.1, 0.15) is 26.2 Å². The third-order valence-corrected chi connectivity index (χ3v) is 5.32. The van der Waals surface area contributed by atoms with Crippen molar-refractivity contribution in [2.24, 2.45) is 11.3 Å². The van der Waals surface area contributed by atoms with Gasteiger partial charge in [0.05, 0.1) is 5.60 Å². The van der Waals surface area contributed by atoms with E-state index in [1.807, 2.05) is 6.08 Å². The Kier molecular flexibility index (Phi) is 2.48. The van der Waals surface area contributed by atoms with Gasteiger partial charge in [0.1, 0.15) is 5.78 Å². The number of fused-ring (bicyclic) bond motifs is 1. The molecule has 90 valence electrons. The summed E-state index contributed by atoms with van der Waals surface area (Å²) < 4.78 is 6.34. The third-order valence-electron chi connectivity index (χ3n) is 4.34. The zero-order valence-corrected chi connectivity index (χ0v) is 11.8. The van der Waals surface area contributed by atoms with Gasteiger partial charge in [0.15, 0.2) is 8.32 Å². The minimum atomic E-state index is -1.59. The van der Waals surface area contributed by atoms with Crippen LogP contribution >= 0.6 is 0 Å². The van der Waals surface area contributed by atoms with E-state index in [0.717, 1.165) is 19.3 Å². The molecule has 3 unspecified atom stereocenters. The lowest BCUT2D eigenvalue weighted by molar-refractivity contribution is -0.157. The minimum Gasteiger partial charge on any atom is -0.408 e. The van der Waals surface area contributed by atoms with E-state index >= 15 is 0 Å². The summed E-state index contributed by atoms with van der Waals surface area (Å²) in [7, 11) is -1.59. The normalized spacial score (nSPS) is 42.8. The molecule has 3 atom stereocenters. The van der Waals surface area contributed by atoms with E-state index in [0.29, 0.717) is 5.78 Å². The second-order valence-electron chi connectivity index (χ2n) is 6.45. The van der Waals surface area contributed by atoms with E-state index in [2.05, 4.69) is 33.1 Å². The van der Waals surface area contributed by atoms with E-state index in [4.69, 9.17) is 4.43 Å². The van der Waals surface area contributed by atoms with Crippen molar-refractivity contribution in [2.75, 3.05) is 0 Å². The van der Waals surface area contributed by atoms with Crippen LogP contribution in [0.25, 0.3) is 0 Å². The van der Waals surface area contributed by atoms with Crippen LogP contribution in [0, 0.1) is 11.3 Å². The second kappa shape index (κ2) is 3.30. The molecule has 2 nitrogen and oxygen atoms in total. The van der Waals surface area contributed by atoms with Crippen molar-refractivity contribution in [1.29, 1.82) is 0 Å². The van der Waals surface area contributed by atoms with Gasteiger partial charge in [-0.25, -0.2) is 0 Å². The molecule has 0 heterocycles. The summed E-state index contributed by atoms with van der Waals surface area (Å²) in [6, 6.07) is 0. The number of carbonyl (C=O) groups excluding carboxylic acids is 1. The third kappa shape index (κ3) is 1.45. The lowest BCUT2D eigenvalue weighted by Crippen LogP contribution is -2.64. The molecule has 2 rings (SSSR count). The van der Waals surface area contributed by atoms with Gasteiger partial charge in [-0.05, 0) is 32.5 Å². The Hall–Kier alpha value is -0.413. The van der Waals surface area contributed by atoms with Gasteiger partial charge in [-0.15, -0.1) is 6.58 Å². The molecule has 2 aliphatic rings. The molecule has 2 saturated carbocycles. The molecule has 0 aliphatic heterocycles. The maximum absolute atomic E-state index is 11.7. The van der Waals surface area contributed by atoms with Gasteiger partial charge < -0.3 is 4.43 Å². The summed E-state index contributed by atoms with van der Waals surface area (Å²) in [6.45, 7) is 12.8. The molecule has 0 radical (unpaired) electrons. The first-order valence-corrected chi connectivity index (χ1v) is 9.51. The molecule has 0 amide bonds. The monoisotopic (exact) mass is 238 g/mol. The average Bonchev–Trinajstić information content (AvgIpc) is 2.39. The van der Waals surface area contributed by atoms with Crippen molar-refractivity contribution in [1.82, 2.24) is 0 Å². The Balaban J connectivity index is 2.27. The first-order chi connectivity index (χ1) is 7.24. The van der Waals surface area contributed by atoms with Gasteiger partial charge in [0.2, 0.25) is 0 Å². The summed E-state index contributed by atoms with van der Waals surface area (Å²) >= 11 is 0. The van der Waals surface area contributed by atoms with Gasteiger partial charge in [0.25, 0.3) is 0 Å². The minimum absolute atomic E-state index is 0.0200. The molecule has 3 heteroatoms. The van der Waals surface area contributed by atoms with Crippen LogP contribution in [0.2, 0.25) is 19.6 Å². The van der Waals surface area contributed by atoms with E-state index in [1.54, 1.807) is 0 Å². The van der Waals surface area contributed by atoms with Crippen LogP contribution in [0.5, 0.6) is 0 Å². The number of hydrogen-bond acceptors (Lipinski definition) is 2. The Bertz CT molecular complexity index is 344. The lowest BCUT2D eigenvalue weighted by Gasteiger charge is -2.60. The summed E-state index contributed by atoms with van der Waals surface area (Å²) in [5.41, 5.74) is -0.208. The zero-order chi connectivity index (χ0) is 12.2. The van der Waals surface area contributed by atoms with Crippen LogP contribution in [0.4, 0.5) is 0 Å². The predicted octanol–water partition coefficient (Wildman–Crippen LogP) is 3.15. The first kappa shape index (κ1) is 12.1. The highest BCUT2D eigenvalue weighted by atomic mass is 28.4. The molecule has 0 saturated heterocycles. The number of hydrogen-bond donors (Lipinski definition) is 0. The topological polar surface area (TPSA) is 26.3 Å². The molecule has 0 aromatic rings. The highest BCUT2D eigenvalue weighted by Gasteiger charge is 2.67. The van der Waals surface area contributed by atoms with Crippen LogP contribution in [0.3, 0.4) is 0 Å². The Labute approximate surface area is 99.2 Å². The molecule has 0 bridgehead atoms. The Morgan fingerprint density at radius 3 is 2.56 bits per heavy atom. The number of ketones is 1. The molecule has 0 N–H and O–H groups in total. The highest BCUT2D eigenvalue weighted by Crippen LogP contribution is 2.64. The molecular formula is C13H22O2Si. The Morgan fingerprint density at radius 1 is 1.50 bits per heavy atom. The largest absolute Gasteiger partial charge is 0.408 e. The number of rotatable bonds is 3. The maximum atomic E-state index is 11.7. The number of carbonyl (C=O) groups is 1. The summed E-state index contributed by atoms with van der Waals surface area (Å²) in [6.07, 6.45) is 4.51. The van der Waals surface area contributed by atoms with Crippen molar-refractivity contribution in [3.05, 3.63) is 12.7 Å². The molecule has 2 aliphatic carbocycles. The Morgan fingerprint density at radius 2 is 2.12 bits per heavy atom.